The topological polar surface area (TPSA) is 58.6 Å². The van der Waals surface area contributed by atoms with E-state index in [2.05, 4.69) is 33.0 Å². The van der Waals surface area contributed by atoms with Crippen LogP contribution in [0.3, 0.4) is 0 Å². The molecule has 0 radical (unpaired) electrons. The van der Waals surface area contributed by atoms with Gasteiger partial charge in [0.2, 0.25) is 0 Å². The lowest BCUT2D eigenvalue weighted by Gasteiger charge is -2.54. The molecule has 2 rings (SSSR count). The van der Waals surface area contributed by atoms with Crippen molar-refractivity contribution >= 4 is 5.97 Å². The first-order valence-electron chi connectivity index (χ1n) is 7.95. The highest BCUT2D eigenvalue weighted by atomic mass is 16.5. The number of carboxylic acid groups (broad SMARTS) is 1. The van der Waals surface area contributed by atoms with E-state index in [1.54, 1.807) is 0 Å². The number of carbonyl (C=O) groups is 1. The number of aliphatic carboxylic acids is 1. The molecule has 0 amide bonds. The Morgan fingerprint density at radius 1 is 1.25 bits per heavy atom. The van der Waals surface area contributed by atoms with Crippen molar-refractivity contribution in [3.8, 4) is 0 Å². The van der Waals surface area contributed by atoms with E-state index in [0.29, 0.717) is 18.2 Å². The van der Waals surface area contributed by atoms with Crippen LogP contribution >= 0.6 is 0 Å². The lowest BCUT2D eigenvalue weighted by atomic mass is 9.64. The maximum atomic E-state index is 11.0. The molecule has 0 aliphatic heterocycles. The number of rotatable bonds is 5. The Kier molecular flexibility index (Phi) is 4.75. The summed E-state index contributed by atoms with van der Waals surface area (Å²) in [4.78, 5) is 11.0. The molecule has 2 N–H and O–H groups in total. The Bertz CT molecular complexity index is 346. The molecular formula is C16H29NO3. The monoisotopic (exact) mass is 283 g/mol. The van der Waals surface area contributed by atoms with Crippen LogP contribution in [0.1, 0.15) is 59.8 Å². The zero-order chi connectivity index (χ0) is 14.9. The fraction of sp³-hybridized carbons (Fsp3) is 0.938. The third kappa shape index (κ3) is 3.34. The molecule has 0 spiro atoms. The molecular weight excluding hydrogens is 254 g/mol. The normalized spacial score (nSPS) is 36.6. The Balaban J connectivity index is 1.77. The van der Waals surface area contributed by atoms with Gasteiger partial charge in [0.05, 0.1) is 18.1 Å². The quantitative estimate of drug-likeness (QED) is 0.814. The second-order valence-electron chi connectivity index (χ2n) is 7.34. The minimum absolute atomic E-state index is 0.125. The second-order valence-corrected chi connectivity index (χ2v) is 7.34. The van der Waals surface area contributed by atoms with Crippen LogP contribution in [0.2, 0.25) is 0 Å². The van der Waals surface area contributed by atoms with E-state index in [1.807, 2.05) is 0 Å². The minimum Gasteiger partial charge on any atom is -0.481 e. The molecule has 2 unspecified atom stereocenters. The third-order valence-electron chi connectivity index (χ3n) is 5.13. The van der Waals surface area contributed by atoms with Gasteiger partial charge >= 0.3 is 5.97 Å². The van der Waals surface area contributed by atoms with Crippen LogP contribution in [0, 0.1) is 11.3 Å². The summed E-state index contributed by atoms with van der Waals surface area (Å²) in [5, 5.41) is 12.8. The van der Waals surface area contributed by atoms with Gasteiger partial charge < -0.3 is 15.2 Å². The maximum Gasteiger partial charge on any atom is 0.306 e. The van der Waals surface area contributed by atoms with E-state index < -0.39 is 5.97 Å². The van der Waals surface area contributed by atoms with Crippen molar-refractivity contribution < 1.29 is 14.6 Å². The van der Waals surface area contributed by atoms with Crippen LogP contribution in [0.15, 0.2) is 0 Å². The third-order valence-corrected chi connectivity index (χ3v) is 5.13. The molecule has 2 aliphatic rings. The van der Waals surface area contributed by atoms with Gasteiger partial charge in [-0.25, -0.2) is 0 Å². The molecule has 0 bridgehead atoms. The summed E-state index contributed by atoms with van der Waals surface area (Å²) in [7, 11) is 0. The van der Waals surface area contributed by atoms with E-state index in [1.165, 1.54) is 0 Å². The van der Waals surface area contributed by atoms with Crippen molar-refractivity contribution in [2.75, 3.05) is 0 Å². The van der Waals surface area contributed by atoms with Gasteiger partial charge in [-0.1, -0.05) is 13.8 Å². The summed E-state index contributed by atoms with van der Waals surface area (Å²) in [5.41, 5.74) is 0.175. The minimum atomic E-state index is -0.627. The van der Waals surface area contributed by atoms with Gasteiger partial charge in [0.25, 0.3) is 0 Å². The average molecular weight is 283 g/mol. The smallest absolute Gasteiger partial charge is 0.306 e. The standard InChI is InChI=1S/C16H29NO3/c1-10(2)20-14-9-13(16(14,3)4)17-12-7-5-11(6-8-12)15(18)19/h10-14,17H,5-9H2,1-4H3,(H,18,19). The summed E-state index contributed by atoms with van der Waals surface area (Å²) in [6.45, 7) is 8.71. The van der Waals surface area contributed by atoms with Crippen LogP contribution in [0.4, 0.5) is 0 Å². The summed E-state index contributed by atoms with van der Waals surface area (Å²) >= 11 is 0. The lowest BCUT2D eigenvalue weighted by molar-refractivity contribution is -0.145. The highest BCUT2D eigenvalue weighted by molar-refractivity contribution is 5.70. The molecule has 2 atom stereocenters. The van der Waals surface area contributed by atoms with Crippen molar-refractivity contribution in [3.63, 3.8) is 0 Å². The molecule has 2 aliphatic carbocycles. The van der Waals surface area contributed by atoms with Gasteiger partial charge in [0.1, 0.15) is 0 Å². The number of nitrogens with one attached hydrogen (secondary N) is 1. The zero-order valence-corrected chi connectivity index (χ0v) is 13.2. The number of hydrogen-bond acceptors (Lipinski definition) is 3. The fourth-order valence-corrected chi connectivity index (χ4v) is 3.52. The van der Waals surface area contributed by atoms with E-state index >= 15 is 0 Å². The molecule has 2 fully saturated rings. The predicted octanol–water partition coefficient (Wildman–Crippen LogP) is 2.81. The Hall–Kier alpha value is -0.610. The van der Waals surface area contributed by atoms with E-state index in [9.17, 15) is 4.79 Å². The average Bonchev–Trinajstić information content (AvgIpc) is 2.37. The number of ether oxygens (including phenoxy) is 1. The summed E-state index contributed by atoms with van der Waals surface area (Å²) < 4.78 is 5.95. The molecule has 4 nitrogen and oxygen atoms in total. The molecule has 2 saturated carbocycles. The lowest BCUT2D eigenvalue weighted by Crippen LogP contribution is -2.63. The van der Waals surface area contributed by atoms with Gasteiger partial charge in [0.15, 0.2) is 0 Å². The number of hydrogen-bond donors (Lipinski definition) is 2. The highest BCUT2D eigenvalue weighted by Gasteiger charge is 2.49. The summed E-state index contributed by atoms with van der Waals surface area (Å²) in [6, 6.07) is 0.979. The zero-order valence-electron chi connectivity index (χ0n) is 13.2. The molecule has 0 aromatic heterocycles. The molecule has 0 aromatic rings. The number of carboxylic acids is 1. The summed E-state index contributed by atoms with van der Waals surface area (Å²) in [5.74, 6) is -0.753. The van der Waals surface area contributed by atoms with Crippen LogP contribution in [-0.2, 0) is 9.53 Å². The van der Waals surface area contributed by atoms with Crippen molar-refractivity contribution in [2.45, 2.75) is 84.1 Å². The SMILES string of the molecule is CC(C)OC1CC(NC2CCC(C(=O)O)CC2)C1(C)C. The van der Waals surface area contributed by atoms with Crippen molar-refractivity contribution in [1.82, 2.24) is 5.32 Å². The maximum absolute atomic E-state index is 11.0. The first-order chi connectivity index (χ1) is 9.30. The van der Waals surface area contributed by atoms with Crippen molar-refractivity contribution in [1.29, 1.82) is 0 Å². The Morgan fingerprint density at radius 2 is 1.85 bits per heavy atom. The molecule has 0 aromatic carbocycles. The second kappa shape index (κ2) is 6.02. The predicted molar refractivity (Wildman–Crippen MR) is 78.7 cm³/mol. The van der Waals surface area contributed by atoms with E-state index in [4.69, 9.17) is 9.84 Å². The van der Waals surface area contributed by atoms with Crippen LogP contribution in [0.5, 0.6) is 0 Å². The fourth-order valence-electron chi connectivity index (χ4n) is 3.52. The van der Waals surface area contributed by atoms with Gasteiger partial charge in [-0.05, 0) is 46.0 Å². The van der Waals surface area contributed by atoms with Crippen LogP contribution in [-0.4, -0.2) is 35.4 Å². The first-order valence-corrected chi connectivity index (χ1v) is 7.95. The molecule has 20 heavy (non-hydrogen) atoms. The molecule has 116 valence electrons. The van der Waals surface area contributed by atoms with Gasteiger partial charge in [-0.15, -0.1) is 0 Å². The molecule has 0 saturated heterocycles. The van der Waals surface area contributed by atoms with Gasteiger partial charge in [0, 0.05) is 17.5 Å². The van der Waals surface area contributed by atoms with Crippen molar-refractivity contribution in [2.24, 2.45) is 11.3 Å². The summed E-state index contributed by atoms with van der Waals surface area (Å²) in [6.07, 6.45) is 5.29. The van der Waals surface area contributed by atoms with Gasteiger partial charge in [-0.2, -0.15) is 0 Å². The molecule has 4 heteroatoms. The highest BCUT2D eigenvalue weighted by Crippen LogP contribution is 2.44. The Morgan fingerprint density at radius 3 is 2.30 bits per heavy atom. The van der Waals surface area contributed by atoms with Crippen LogP contribution in [0.25, 0.3) is 0 Å². The Labute approximate surface area is 122 Å². The van der Waals surface area contributed by atoms with Crippen LogP contribution < -0.4 is 5.32 Å². The van der Waals surface area contributed by atoms with Gasteiger partial charge in [-0.3, -0.25) is 4.79 Å². The van der Waals surface area contributed by atoms with E-state index in [-0.39, 0.29) is 17.4 Å². The molecule has 0 heterocycles. The van der Waals surface area contributed by atoms with Crippen molar-refractivity contribution in [3.05, 3.63) is 0 Å². The van der Waals surface area contributed by atoms with E-state index in [0.717, 1.165) is 32.1 Å². The first kappa shape index (κ1) is 15.8. The largest absolute Gasteiger partial charge is 0.481 e.